The molecule has 3 heterocycles. The van der Waals surface area contributed by atoms with Crippen LogP contribution in [0.1, 0.15) is 11.8 Å². The Morgan fingerprint density at radius 2 is 2.42 bits per heavy atom. The number of aromatic nitrogens is 1. The van der Waals surface area contributed by atoms with Crippen LogP contribution in [0.2, 0.25) is 5.02 Å². The average Bonchev–Trinajstić information content (AvgIpc) is 2.93. The zero-order chi connectivity index (χ0) is 13.6. The van der Waals surface area contributed by atoms with Crippen molar-refractivity contribution in [1.29, 1.82) is 0 Å². The van der Waals surface area contributed by atoms with Gasteiger partial charge in [-0.05, 0) is 24.6 Å². The third-order valence-electron chi connectivity index (χ3n) is 3.34. The normalized spacial score (nSPS) is 18.9. The highest BCUT2D eigenvalue weighted by molar-refractivity contribution is 7.19. The largest absolute Gasteiger partial charge is 0.465 e. The van der Waals surface area contributed by atoms with Crippen LogP contribution in [0, 0.1) is 0 Å². The molecule has 1 aliphatic rings. The minimum absolute atomic E-state index is 0.135. The van der Waals surface area contributed by atoms with Crippen LogP contribution >= 0.6 is 22.9 Å². The molecule has 1 N–H and O–H groups in total. The molecule has 0 fully saturated rings. The monoisotopic (exact) mass is 294 g/mol. The average molecular weight is 295 g/mol. The molecule has 4 nitrogen and oxygen atoms in total. The Bertz CT molecular complexity index is 695. The van der Waals surface area contributed by atoms with Gasteiger partial charge in [0.25, 0.3) is 0 Å². The van der Waals surface area contributed by atoms with Crippen LogP contribution in [0.25, 0.3) is 15.8 Å². The molecule has 3 rings (SSSR count). The van der Waals surface area contributed by atoms with E-state index < -0.39 is 6.09 Å². The summed E-state index contributed by atoms with van der Waals surface area (Å²) >= 11 is 7.68. The van der Waals surface area contributed by atoms with Gasteiger partial charge in [0.15, 0.2) is 0 Å². The summed E-state index contributed by atoms with van der Waals surface area (Å²) in [6.45, 7) is 2.33. The van der Waals surface area contributed by atoms with Gasteiger partial charge in [-0.3, -0.25) is 4.90 Å². The zero-order valence-electron chi connectivity index (χ0n) is 10.1. The number of fused-ring (bicyclic) bond motifs is 1. The molecule has 6 heteroatoms. The number of hydrogen-bond acceptors (Lipinski definition) is 3. The first-order valence-electron chi connectivity index (χ1n) is 5.82. The first-order valence-corrected chi connectivity index (χ1v) is 7.01. The first kappa shape index (κ1) is 12.4. The van der Waals surface area contributed by atoms with E-state index in [0.29, 0.717) is 11.6 Å². The Labute approximate surface area is 118 Å². The molecule has 1 aliphatic heterocycles. The van der Waals surface area contributed by atoms with Gasteiger partial charge in [-0.2, -0.15) is 0 Å². The molecule has 2 aromatic rings. The lowest BCUT2D eigenvalue weighted by atomic mass is 10.1. The summed E-state index contributed by atoms with van der Waals surface area (Å²) in [7, 11) is 0. The van der Waals surface area contributed by atoms with E-state index in [0.717, 1.165) is 20.7 Å². The fraction of sp³-hybridized carbons (Fsp3) is 0.231. The molecule has 0 spiro atoms. The second kappa shape index (κ2) is 4.51. The van der Waals surface area contributed by atoms with E-state index in [4.69, 9.17) is 16.7 Å². The van der Waals surface area contributed by atoms with Gasteiger partial charge < -0.3 is 5.11 Å². The molecule has 98 valence electrons. The number of halogens is 1. The summed E-state index contributed by atoms with van der Waals surface area (Å²) < 4.78 is 0. The van der Waals surface area contributed by atoms with Crippen LogP contribution < -0.4 is 0 Å². The van der Waals surface area contributed by atoms with Crippen LogP contribution in [0.15, 0.2) is 24.4 Å². The van der Waals surface area contributed by atoms with Crippen molar-refractivity contribution in [3.05, 3.63) is 34.3 Å². The molecule has 0 radical (unpaired) electrons. The van der Waals surface area contributed by atoms with E-state index in [9.17, 15) is 4.79 Å². The van der Waals surface area contributed by atoms with Crippen LogP contribution in [-0.4, -0.2) is 33.7 Å². The summed E-state index contributed by atoms with van der Waals surface area (Å²) in [6.07, 6.45) is 2.74. The lowest BCUT2D eigenvalue weighted by Gasteiger charge is -2.19. The van der Waals surface area contributed by atoms with E-state index in [1.165, 1.54) is 4.90 Å². The number of thiophene rings is 1. The summed E-state index contributed by atoms with van der Waals surface area (Å²) in [4.78, 5) is 18.7. The predicted molar refractivity (Wildman–Crippen MR) is 76.8 cm³/mol. The number of hydrogen-bond donors (Lipinski definition) is 1. The van der Waals surface area contributed by atoms with Crippen molar-refractivity contribution in [2.75, 3.05) is 6.54 Å². The van der Waals surface area contributed by atoms with E-state index >= 15 is 0 Å². The molecular weight excluding hydrogens is 284 g/mol. The minimum Gasteiger partial charge on any atom is -0.465 e. The third kappa shape index (κ3) is 1.99. The topological polar surface area (TPSA) is 53.4 Å². The molecule has 1 amide bonds. The maximum atomic E-state index is 11.1. The molecule has 19 heavy (non-hydrogen) atoms. The van der Waals surface area contributed by atoms with Gasteiger partial charge in [-0.1, -0.05) is 17.7 Å². The highest BCUT2D eigenvalue weighted by atomic mass is 35.5. The predicted octanol–water partition coefficient (Wildman–Crippen LogP) is 3.72. The number of carboxylic acid groups (broad SMARTS) is 1. The summed E-state index contributed by atoms with van der Waals surface area (Å²) in [5.41, 5.74) is 1.03. The number of amides is 1. The lowest BCUT2D eigenvalue weighted by Crippen LogP contribution is -2.33. The Kier molecular flexibility index (Phi) is 2.95. The second-order valence-corrected chi connectivity index (χ2v) is 5.83. The third-order valence-corrected chi connectivity index (χ3v) is 4.76. The summed E-state index contributed by atoms with van der Waals surface area (Å²) in [5.74, 6) is 0. The number of nitrogens with zero attached hydrogens (tertiary/aromatic N) is 2. The van der Waals surface area contributed by atoms with Crippen molar-refractivity contribution in [2.24, 2.45) is 0 Å². The maximum absolute atomic E-state index is 11.1. The molecule has 0 aliphatic carbocycles. The van der Waals surface area contributed by atoms with Gasteiger partial charge in [0, 0.05) is 23.0 Å². The van der Waals surface area contributed by atoms with Crippen molar-refractivity contribution >= 4 is 44.8 Å². The fourth-order valence-electron chi connectivity index (χ4n) is 2.29. The maximum Gasteiger partial charge on any atom is 0.408 e. The lowest BCUT2D eigenvalue weighted by molar-refractivity contribution is 0.147. The summed E-state index contributed by atoms with van der Waals surface area (Å²) in [6, 6.07) is 3.61. The number of pyridine rings is 1. The van der Waals surface area contributed by atoms with E-state index in [1.807, 2.05) is 19.1 Å². The van der Waals surface area contributed by atoms with Crippen LogP contribution in [-0.2, 0) is 0 Å². The quantitative estimate of drug-likeness (QED) is 0.872. The molecule has 1 unspecified atom stereocenters. The second-order valence-electron chi connectivity index (χ2n) is 4.39. The van der Waals surface area contributed by atoms with Crippen molar-refractivity contribution in [3.8, 4) is 0 Å². The zero-order valence-corrected chi connectivity index (χ0v) is 11.7. The van der Waals surface area contributed by atoms with Crippen molar-refractivity contribution in [2.45, 2.75) is 13.0 Å². The van der Waals surface area contributed by atoms with Gasteiger partial charge in [0.05, 0.1) is 11.1 Å². The van der Waals surface area contributed by atoms with E-state index in [-0.39, 0.29) is 6.04 Å². The molecule has 0 saturated carbocycles. The SMILES string of the molecule is CC1C(c2cc3c(Cl)ccnc3s2)=CCN1C(=O)O. The Balaban J connectivity index is 2.02. The van der Waals surface area contributed by atoms with Gasteiger partial charge in [-0.15, -0.1) is 11.3 Å². The molecular formula is C13H11ClN2O2S. The summed E-state index contributed by atoms with van der Waals surface area (Å²) in [5, 5.41) is 10.7. The van der Waals surface area contributed by atoms with Crippen molar-refractivity contribution < 1.29 is 9.90 Å². The molecule has 2 aromatic heterocycles. The molecule has 1 atom stereocenters. The van der Waals surface area contributed by atoms with Crippen LogP contribution in [0.5, 0.6) is 0 Å². The van der Waals surface area contributed by atoms with Gasteiger partial charge in [0.1, 0.15) is 4.83 Å². The van der Waals surface area contributed by atoms with Crippen LogP contribution in [0.4, 0.5) is 4.79 Å². The Morgan fingerprint density at radius 1 is 1.63 bits per heavy atom. The van der Waals surface area contributed by atoms with Crippen LogP contribution in [0.3, 0.4) is 0 Å². The Morgan fingerprint density at radius 3 is 3.05 bits per heavy atom. The van der Waals surface area contributed by atoms with Gasteiger partial charge in [-0.25, -0.2) is 9.78 Å². The highest BCUT2D eigenvalue weighted by Gasteiger charge is 2.28. The van der Waals surface area contributed by atoms with Gasteiger partial charge >= 0.3 is 6.09 Å². The first-order chi connectivity index (χ1) is 9.08. The van der Waals surface area contributed by atoms with Crippen molar-refractivity contribution in [1.82, 2.24) is 9.88 Å². The standard InChI is InChI=1S/C13H11ClN2O2S/c1-7-8(3-5-16(7)13(17)18)11-6-9-10(14)2-4-15-12(9)19-11/h2-4,6-7H,5H2,1H3,(H,17,18). The number of rotatable bonds is 1. The molecule has 0 bridgehead atoms. The minimum atomic E-state index is -0.893. The Hall–Kier alpha value is -1.59. The smallest absolute Gasteiger partial charge is 0.408 e. The van der Waals surface area contributed by atoms with Gasteiger partial charge in [0.2, 0.25) is 0 Å². The fourth-order valence-corrected chi connectivity index (χ4v) is 3.70. The highest BCUT2D eigenvalue weighted by Crippen LogP contribution is 2.37. The van der Waals surface area contributed by atoms with E-state index in [1.54, 1.807) is 23.6 Å². The molecule has 0 saturated heterocycles. The van der Waals surface area contributed by atoms with Crippen molar-refractivity contribution in [3.63, 3.8) is 0 Å². The van der Waals surface area contributed by atoms with E-state index in [2.05, 4.69) is 4.98 Å². The number of carbonyl (C=O) groups is 1. The molecule has 0 aromatic carbocycles.